The fourth-order valence-electron chi connectivity index (χ4n) is 3.94. The molecule has 0 saturated heterocycles. The van der Waals surface area contributed by atoms with E-state index in [2.05, 4.69) is 10.3 Å². The fourth-order valence-corrected chi connectivity index (χ4v) is 3.94. The summed E-state index contributed by atoms with van der Waals surface area (Å²) in [6.07, 6.45) is 0. The third-order valence-electron chi connectivity index (χ3n) is 5.62. The summed E-state index contributed by atoms with van der Waals surface area (Å²) in [7, 11) is 1.59. The van der Waals surface area contributed by atoms with Crippen molar-refractivity contribution in [3.8, 4) is 5.75 Å². The number of benzene rings is 3. The topological polar surface area (TPSA) is 88.6 Å². The van der Waals surface area contributed by atoms with Gasteiger partial charge < -0.3 is 10.1 Å². The number of ether oxygens (including phenoxy) is 1. The molecule has 1 aromatic heterocycles. The van der Waals surface area contributed by atoms with Crippen LogP contribution in [0.5, 0.6) is 5.75 Å². The Bertz CT molecular complexity index is 1430. The van der Waals surface area contributed by atoms with Gasteiger partial charge in [0.05, 0.1) is 40.7 Å². The molecular formula is C26H19N3O4. The molecule has 4 aromatic rings. The number of fused-ring (bicyclic) bond motifs is 2. The Labute approximate surface area is 189 Å². The lowest BCUT2D eigenvalue weighted by atomic mass is 10.1. The van der Waals surface area contributed by atoms with Crippen molar-refractivity contribution < 1.29 is 19.1 Å². The first-order valence-corrected chi connectivity index (χ1v) is 10.3. The number of rotatable bonds is 4. The van der Waals surface area contributed by atoms with Crippen LogP contribution in [0, 0.1) is 6.92 Å². The Morgan fingerprint density at radius 3 is 2.33 bits per heavy atom. The van der Waals surface area contributed by atoms with Gasteiger partial charge in [0.2, 0.25) is 0 Å². The average molecular weight is 437 g/mol. The van der Waals surface area contributed by atoms with E-state index >= 15 is 0 Å². The van der Waals surface area contributed by atoms with Crippen LogP contribution < -0.4 is 15.0 Å². The summed E-state index contributed by atoms with van der Waals surface area (Å²) in [4.78, 5) is 44.2. The largest absolute Gasteiger partial charge is 0.497 e. The lowest BCUT2D eigenvalue weighted by Gasteiger charge is -2.15. The lowest BCUT2D eigenvalue weighted by Crippen LogP contribution is -2.29. The molecule has 7 heteroatoms. The molecule has 3 amide bonds. The van der Waals surface area contributed by atoms with E-state index in [1.54, 1.807) is 68.6 Å². The van der Waals surface area contributed by atoms with Crippen LogP contribution in [0.3, 0.4) is 0 Å². The van der Waals surface area contributed by atoms with Crippen LogP contribution in [-0.2, 0) is 0 Å². The van der Waals surface area contributed by atoms with Gasteiger partial charge in [-0.1, -0.05) is 18.2 Å². The maximum absolute atomic E-state index is 13.0. The quantitative estimate of drug-likeness (QED) is 0.471. The maximum Gasteiger partial charge on any atom is 0.266 e. The number of aromatic nitrogens is 1. The molecular weight excluding hydrogens is 418 g/mol. The molecule has 1 aliphatic rings. The summed E-state index contributed by atoms with van der Waals surface area (Å²) in [5.41, 5.74) is 3.32. The zero-order chi connectivity index (χ0) is 23.1. The molecule has 0 unspecified atom stereocenters. The molecule has 5 rings (SSSR count). The van der Waals surface area contributed by atoms with E-state index < -0.39 is 0 Å². The number of carbonyl (C=O) groups excluding carboxylic acids is 3. The Hall–Kier alpha value is -4.52. The van der Waals surface area contributed by atoms with Crippen LogP contribution in [0.15, 0.2) is 72.8 Å². The van der Waals surface area contributed by atoms with Crippen molar-refractivity contribution in [3.05, 3.63) is 95.2 Å². The molecule has 0 aliphatic carbocycles. The summed E-state index contributed by atoms with van der Waals surface area (Å²) in [5, 5.41) is 3.66. The van der Waals surface area contributed by atoms with Crippen molar-refractivity contribution in [2.75, 3.05) is 17.3 Å². The molecule has 33 heavy (non-hydrogen) atoms. The number of nitrogens with zero attached hydrogens (tertiary/aromatic N) is 2. The molecule has 0 radical (unpaired) electrons. The third kappa shape index (κ3) is 3.49. The van der Waals surface area contributed by atoms with Gasteiger partial charge in [0, 0.05) is 17.1 Å². The number of methoxy groups -OCH3 is 1. The summed E-state index contributed by atoms with van der Waals surface area (Å²) < 4.78 is 5.24. The number of pyridine rings is 1. The third-order valence-corrected chi connectivity index (χ3v) is 5.62. The molecule has 1 N–H and O–H groups in total. The van der Waals surface area contributed by atoms with Gasteiger partial charge in [-0.2, -0.15) is 0 Å². The number of hydrogen-bond acceptors (Lipinski definition) is 5. The predicted molar refractivity (Wildman–Crippen MR) is 125 cm³/mol. The second-order valence-electron chi connectivity index (χ2n) is 7.68. The Balaban J connectivity index is 1.43. The van der Waals surface area contributed by atoms with E-state index in [4.69, 9.17) is 4.74 Å². The van der Waals surface area contributed by atoms with E-state index in [1.165, 1.54) is 0 Å². The van der Waals surface area contributed by atoms with Crippen molar-refractivity contribution >= 4 is 40.0 Å². The van der Waals surface area contributed by atoms with Gasteiger partial charge in [-0.3, -0.25) is 19.4 Å². The first-order chi connectivity index (χ1) is 16.0. The fraction of sp³-hybridized carbons (Fsp3) is 0.0769. The molecule has 7 nitrogen and oxygen atoms in total. The SMILES string of the molecule is COc1ccc2cc(C(=O)Nc3cccc(N4C(=O)c5ccccc5C4=O)c3)c(C)nc2c1. The van der Waals surface area contributed by atoms with Crippen LogP contribution >= 0.6 is 0 Å². The van der Waals surface area contributed by atoms with Gasteiger partial charge in [0.25, 0.3) is 17.7 Å². The highest BCUT2D eigenvalue weighted by atomic mass is 16.5. The highest BCUT2D eigenvalue weighted by Crippen LogP contribution is 2.30. The molecule has 0 bridgehead atoms. The predicted octanol–water partition coefficient (Wildman–Crippen LogP) is 4.60. The van der Waals surface area contributed by atoms with Crippen LogP contribution in [0.4, 0.5) is 11.4 Å². The van der Waals surface area contributed by atoms with E-state index in [9.17, 15) is 14.4 Å². The summed E-state index contributed by atoms with van der Waals surface area (Å²) >= 11 is 0. The first-order valence-electron chi connectivity index (χ1n) is 10.3. The van der Waals surface area contributed by atoms with Gasteiger partial charge in [-0.25, -0.2) is 4.90 Å². The molecule has 1 aliphatic heterocycles. The second-order valence-corrected chi connectivity index (χ2v) is 7.68. The summed E-state index contributed by atoms with van der Waals surface area (Å²) in [6.45, 7) is 1.77. The van der Waals surface area contributed by atoms with Crippen molar-refractivity contribution in [1.82, 2.24) is 4.98 Å². The zero-order valence-electron chi connectivity index (χ0n) is 18.0. The van der Waals surface area contributed by atoms with Crippen molar-refractivity contribution in [1.29, 1.82) is 0 Å². The molecule has 0 fully saturated rings. The molecule has 2 heterocycles. The normalized spacial score (nSPS) is 12.7. The number of nitrogens with one attached hydrogen (secondary N) is 1. The number of hydrogen-bond donors (Lipinski definition) is 1. The van der Waals surface area contributed by atoms with E-state index in [1.807, 2.05) is 18.2 Å². The van der Waals surface area contributed by atoms with Crippen LogP contribution in [-0.4, -0.2) is 29.8 Å². The van der Waals surface area contributed by atoms with Crippen LogP contribution in [0.25, 0.3) is 10.9 Å². The van der Waals surface area contributed by atoms with E-state index in [0.717, 1.165) is 15.8 Å². The minimum Gasteiger partial charge on any atom is -0.497 e. The number of amides is 3. The Morgan fingerprint density at radius 1 is 0.909 bits per heavy atom. The second kappa shape index (κ2) is 7.87. The minimum atomic E-state index is -0.385. The van der Waals surface area contributed by atoms with Crippen LogP contribution in [0.2, 0.25) is 0 Å². The summed E-state index contributed by atoms with van der Waals surface area (Å²) in [6, 6.07) is 20.6. The summed E-state index contributed by atoms with van der Waals surface area (Å²) in [5.74, 6) is -0.415. The van der Waals surface area contributed by atoms with Gasteiger partial charge in [-0.15, -0.1) is 0 Å². The van der Waals surface area contributed by atoms with Gasteiger partial charge >= 0.3 is 0 Å². The van der Waals surface area contributed by atoms with Gasteiger partial charge in [0.1, 0.15) is 5.75 Å². The molecule has 0 spiro atoms. The monoisotopic (exact) mass is 437 g/mol. The zero-order valence-corrected chi connectivity index (χ0v) is 18.0. The molecule has 0 saturated carbocycles. The van der Waals surface area contributed by atoms with Crippen LogP contribution in [0.1, 0.15) is 36.8 Å². The van der Waals surface area contributed by atoms with Gasteiger partial charge in [0.15, 0.2) is 0 Å². The van der Waals surface area contributed by atoms with E-state index in [0.29, 0.717) is 39.5 Å². The smallest absolute Gasteiger partial charge is 0.266 e. The minimum absolute atomic E-state index is 0.336. The highest BCUT2D eigenvalue weighted by molar-refractivity contribution is 6.34. The first kappa shape index (κ1) is 20.4. The Kier molecular flexibility index (Phi) is 4.86. The van der Waals surface area contributed by atoms with Gasteiger partial charge in [-0.05, 0) is 55.5 Å². The van der Waals surface area contributed by atoms with Crippen molar-refractivity contribution in [2.24, 2.45) is 0 Å². The Morgan fingerprint density at radius 2 is 1.64 bits per heavy atom. The maximum atomic E-state index is 13.0. The van der Waals surface area contributed by atoms with Crippen molar-refractivity contribution in [2.45, 2.75) is 6.92 Å². The number of imide groups is 1. The average Bonchev–Trinajstić information content (AvgIpc) is 3.08. The number of aryl methyl sites for hydroxylation is 1. The molecule has 3 aromatic carbocycles. The highest BCUT2D eigenvalue weighted by Gasteiger charge is 2.36. The number of carbonyl (C=O) groups is 3. The molecule has 162 valence electrons. The standard InChI is InChI=1S/C26H19N3O4/c1-15-22(12-16-10-11-19(33-2)14-23(16)27-15)24(30)28-17-6-5-7-18(13-17)29-25(31)20-8-3-4-9-21(20)26(29)32/h3-14H,1-2H3,(H,28,30). The lowest BCUT2D eigenvalue weighted by molar-refractivity contribution is 0.0925. The van der Waals surface area contributed by atoms with E-state index in [-0.39, 0.29) is 17.7 Å². The molecule has 0 atom stereocenters. The van der Waals surface area contributed by atoms with Crippen molar-refractivity contribution in [3.63, 3.8) is 0 Å². The number of anilines is 2.